The number of allylic oxidation sites excluding steroid dienone is 1. The van der Waals surface area contributed by atoms with Gasteiger partial charge in [0.2, 0.25) is 0 Å². The first-order valence-corrected chi connectivity index (χ1v) is 6.90. The van der Waals surface area contributed by atoms with Gasteiger partial charge in [-0.25, -0.2) is 0 Å². The second kappa shape index (κ2) is 6.04. The van der Waals surface area contributed by atoms with Crippen LogP contribution in [-0.4, -0.2) is 18.9 Å². The molecule has 1 aliphatic carbocycles. The monoisotopic (exact) mass is 272 g/mol. The van der Waals surface area contributed by atoms with E-state index in [4.69, 9.17) is 4.74 Å². The molecule has 1 atom stereocenters. The predicted octanol–water partition coefficient (Wildman–Crippen LogP) is 3.25. The second-order valence-corrected chi connectivity index (χ2v) is 5.55. The van der Waals surface area contributed by atoms with Gasteiger partial charge in [0, 0.05) is 5.41 Å². The molecule has 0 N–H and O–H groups in total. The molecule has 1 aliphatic rings. The summed E-state index contributed by atoms with van der Waals surface area (Å²) in [6.45, 7) is 1.92. The van der Waals surface area contributed by atoms with E-state index in [1.165, 1.54) is 7.11 Å². The molecule has 106 valence electrons. The lowest BCUT2D eigenvalue weighted by atomic mass is 9.89. The first kappa shape index (κ1) is 14.5. The molecule has 1 aromatic rings. The van der Waals surface area contributed by atoms with Crippen LogP contribution in [-0.2, 0) is 14.3 Å². The van der Waals surface area contributed by atoms with Crippen LogP contribution in [0.4, 0.5) is 0 Å². The molecule has 0 spiro atoms. The molecule has 20 heavy (non-hydrogen) atoms. The van der Waals surface area contributed by atoms with Gasteiger partial charge in [0.15, 0.2) is 5.78 Å². The molecule has 0 radical (unpaired) electrons. The quantitative estimate of drug-likeness (QED) is 0.590. The van der Waals surface area contributed by atoms with Crippen molar-refractivity contribution in [1.82, 2.24) is 0 Å². The number of methoxy groups -OCH3 is 1. The number of carbonyl (C=O) groups is 2. The summed E-state index contributed by atoms with van der Waals surface area (Å²) in [5.74, 6) is -1.09. The summed E-state index contributed by atoms with van der Waals surface area (Å²) in [6.07, 6.45) is 5.96. The number of hydrogen-bond acceptors (Lipinski definition) is 3. The maximum atomic E-state index is 12.3. The molecule has 1 saturated carbocycles. The second-order valence-electron chi connectivity index (χ2n) is 5.55. The highest BCUT2D eigenvalue weighted by atomic mass is 16.5. The standard InChI is InChI=1S/C17H20O3/c1-17(11-12-17)15(18)14(16(19)20-2)10-6-9-13-7-4-3-5-8-13/h3-9,14H,10-12H2,1-2H3/b9-6+. The van der Waals surface area contributed by atoms with Gasteiger partial charge < -0.3 is 4.74 Å². The van der Waals surface area contributed by atoms with E-state index in [1.54, 1.807) is 0 Å². The summed E-state index contributed by atoms with van der Waals surface area (Å²) in [7, 11) is 1.33. The average molecular weight is 272 g/mol. The summed E-state index contributed by atoms with van der Waals surface area (Å²) < 4.78 is 4.77. The van der Waals surface area contributed by atoms with Gasteiger partial charge in [0.25, 0.3) is 0 Å². The van der Waals surface area contributed by atoms with Gasteiger partial charge in [0.05, 0.1) is 7.11 Å². The Morgan fingerprint density at radius 2 is 1.95 bits per heavy atom. The van der Waals surface area contributed by atoms with Crippen molar-refractivity contribution in [2.75, 3.05) is 7.11 Å². The summed E-state index contributed by atoms with van der Waals surface area (Å²) in [4.78, 5) is 24.1. The van der Waals surface area contributed by atoms with Crippen LogP contribution in [0, 0.1) is 11.3 Å². The van der Waals surface area contributed by atoms with E-state index in [2.05, 4.69) is 0 Å². The molecule has 0 bridgehead atoms. The van der Waals surface area contributed by atoms with Crippen LogP contribution in [0.5, 0.6) is 0 Å². The van der Waals surface area contributed by atoms with Crippen LogP contribution in [0.1, 0.15) is 31.7 Å². The Hall–Kier alpha value is -1.90. The molecular weight excluding hydrogens is 252 g/mol. The largest absolute Gasteiger partial charge is 0.468 e. The van der Waals surface area contributed by atoms with Crippen molar-refractivity contribution in [3.8, 4) is 0 Å². The highest BCUT2D eigenvalue weighted by Crippen LogP contribution is 2.48. The number of benzene rings is 1. The maximum absolute atomic E-state index is 12.3. The lowest BCUT2D eigenvalue weighted by Gasteiger charge is -2.15. The Labute approximate surface area is 119 Å². The smallest absolute Gasteiger partial charge is 0.316 e. The first-order valence-electron chi connectivity index (χ1n) is 6.90. The molecule has 3 nitrogen and oxygen atoms in total. The fourth-order valence-electron chi connectivity index (χ4n) is 2.21. The van der Waals surface area contributed by atoms with Gasteiger partial charge in [-0.15, -0.1) is 0 Å². The highest BCUT2D eigenvalue weighted by Gasteiger charge is 2.49. The topological polar surface area (TPSA) is 43.4 Å². The van der Waals surface area contributed by atoms with Gasteiger partial charge in [-0.05, 0) is 24.8 Å². The minimum atomic E-state index is -0.674. The first-order chi connectivity index (χ1) is 9.57. The zero-order valence-electron chi connectivity index (χ0n) is 12.0. The van der Waals surface area contributed by atoms with Crippen molar-refractivity contribution < 1.29 is 14.3 Å². The van der Waals surface area contributed by atoms with Gasteiger partial charge in [0.1, 0.15) is 5.92 Å². The lowest BCUT2D eigenvalue weighted by Crippen LogP contribution is -2.30. The Morgan fingerprint density at radius 1 is 1.30 bits per heavy atom. The number of carbonyl (C=O) groups excluding carboxylic acids is 2. The van der Waals surface area contributed by atoms with Crippen molar-refractivity contribution in [2.45, 2.75) is 26.2 Å². The third kappa shape index (κ3) is 3.35. The van der Waals surface area contributed by atoms with Crippen molar-refractivity contribution in [2.24, 2.45) is 11.3 Å². The lowest BCUT2D eigenvalue weighted by molar-refractivity contribution is -0.150. The highest BCUT2D eigenvalue weighted by molar-refractivity contribution is 6.03. The summed E-state index contributed by atoms with van der Waals surface area (Å²) in [5, 5.41) is 0. The van der Waals surface area contributed by atoms with Crippen LogP contribution in [0.25, 0.3) is 6.08 Å². The fraction of sp³-hybridized carbons (Fsp3) is 0.412. The molecule has 0 heterocycles. The van der Waals surface area contributed by atoms with Crippen LogP contribution in [0.3, 0.4) is 0 Å². The minimum Gasteiger partial charge on any atom is -0.468 e. The SMILES string of the molecule is COC(=O)C(C/C=C/c1ccccc1)C(=O)C1(C)CC1. The third-order valence-corrected chi connectivity index (χ3v) is 3.88. The van der Waals surface area contributed by atoms with E-state index in [0.717, 1.165) is 18.4 Å². The summed E-state index contributed by atoms with van der Waals surface area (Å²) in [5.41, 5.74) is 0.751. The number of ketones is 1. The number of rotatable bonds is 6. The van der Waals surface area contributed by atoms with E-state index < -0.39 is 11.9 Å². The van der Waals surface area contributed by atoms with E-state index in [0.29, 0.717) is 6.42 Å². The molecular formula is C17H20O3. The Balaban J connectivity index is 2.03. The van der Waals surface area contributed by atoms with E-state index in [1.807, 2.05) is 49.4 Å². The summed E-state index contributed by atoms with van der Waals surface area (Å²) in [6, 6.07) is 9.81. The zero-order chi connectivity index (χ0) is 14.6. The Morgan fingerprint density at radius 3 is 2.50 bits per heavy atom. The van der Waals surface area contributed by atoms with Gasteiger partial charge in [-0.2, -0.15) is 0 Å². The van der Waals surface area contributed by atoms with Crippen LogP contribution in [0.15, 0.2) is 36.4 Å². The van der Waals surface area contributed by atoms with Crippen molar-refractivity contribution >= 4 is 17.8 Å². The molecule has 0 saturated heterocycles. The molecule has 3 heteroatoms. The molecule has 1 aromatic carbocycles. The minimum absolute atomic E-state index is 0.0158. The molecule has 0 amide bonds. The fourth-order valence-corrected chi connectivity index (χ4v) is 2.21. The van der Waals surface area contributed by atoms with E-state index in [-0.39, 0.29) is 11.2 Å². The van der Waals surface area contributed by atoms with Crippen LogP contribution < -0.4 is 0 Å². The van der Waals surface area contributed by atoms with Crippen molar-refractivity contribution in [3.63, 3.8) is 0 Å². The zero-order valence-corrected chi connectivity index (χ0v) is 12.0. The summed E-state index contributed by atoms with van der Waals surface area (Å²) >= 11 is 0. The molecule has 0 aromatic heterocycles. The van der Waals surface area contributed by atoms with Crippen LogP contribution >= 0.6 is 0 Å². The Bertz CT molecular complexity index is 512. The average Bonchev–Trinajstić information content (AvgIpc) is 3.22. The van der Waals surface area contributed by atoms with E-state index in [9.17, 15) is 9.59 Å². The van der Waals surface area contributed by atoms with Crippen LogP contribution in [0.2, 0.25) is 0 Å². The maximum Gasteiger partial charge on any atom is 0.316 e. The number of Topliss-reactive ketones (excluding diaryl/α,β-unsaturated/α-hetero) is 1. The molecule has 2 rings (SSSR count). The van der Waals surface area contributed by atoms with Gasteiger partial charge in [-0.1, -0.05) is 49.4 Å². The molecule has 1 fully saturated rings. The molecule has 0 aliphatic heterocycles. The third-order valence-electron chi connectivity index (χ3n) is 3.88. The number of ether oxygens (including phenoxy) is 1. The van der Waals surface area contributed by atoms with Crippen molar-refractivity contribution in [1.29, 1.82) is 0 Å². The van der Waals surface area contributed by atoms with Gasteiger partial charge in [-0.3, -0.25) is 9.59 Å². The number of hydrogen-bond donors (Lipinski definition) is 0. The molecule has 1 unspecified atom stereocenters. The van der Waals surface area contributed by atoms with Gasteiger partial charge >= 0.3 is 5.97 Å². The number of esters is 1. The predicted molar refractivity (Wildman–Crippen MR) is 77.9 cm³/mol. The normalized spacial score (nSPS) is 17.7. The van der Waals surface area contributed by atoms with Crippen molar-refractivity contribution in [3.05, 3.63) is 42.0 Å². The Kier molecular flexibility index (Phi) is 4.38. The van der Waals surface area contributed by atoms with E-state index >= 15 is 0 Å².